The summed E-state index contributed by atoms with van der Waals surface area (Å²) in [6, 6.07) is 11.3. The molecule has 0 bridgehead atoms. The van der Waals surface area contributed by atoms with Crippen molar-refractivity contribution >= 4 is 51.1 Å². The van der Waals surface area contributed by atoms with Crippen LogP contribution in [0.1, 0.15) is 57.0 Å². The Morgan fingerprint density at radius 3 is 2.67 bits per heavy atom. The summed E-state index contributed by atoms with van der Waals surface area (Å²) in [5.74, 6) is -1.94. The van der Waals surface area contributed by atoms with Crippen molar-refractivity contribution in [3.8, 4) is 0 Å². The van der Waals surface area contributed by atoms with Crippen LogP contribution in [0.2, 0.25) is 0 Å². The molecule has 36 heavy (non-hydrogen) atoms. The number of para-hydroxylation sites is 1. The first-order chi connectivity index (χ1) is 17.5. The van der Waals surface area contributed by atoms with Gasteiger partial charge in [-0.3, -0.25) is 14.4 Å². The molecule has 4 heterocycles. The number of thiophene rings is 2. The van der Waals surface area contributed by atoms with Crippen LogP contribution in [0.15, 0.2) is 41.8 Å². The van der Waals surface area contributed by atoms with Crippen molar-refractivity contribution in [1.29, 1.82) is 0 Å². The Bertz CT molecular complexity index is 1350. The zero-order valence-corrected chi connectivity index (χ0v) is 21.7. The third-order valence-electron chi connectivity index (χ3n) is 7.14. The Labute approximate surface area is 217 Å². The second-order valence-electron chi connectivity index (χ2n) is 9.25. The smallest absolute Gasteiger partial charge is 0.341 e. The van der Waals surface area contributed by atoms with Crippen LogP contribution in [0.4, 0.5) is 10.7 Å². The largest absolute Gasteiger partial charge is 0.462 e. The van der Waals surface area contributed by atoms with Crippen molar-refractivity contribution in [3.05, 3.63) is 68.2 Å². The normalized spacial score (nSPS) is 23.2. The van der Waals surface area contributed by atoms with E-state index in [1.807, 2.05) is 48.7 Å². The molecule has 2 amide bonds. The SMILES string of the molecule is CCOC(=O)c1c(N2C(=O)[C@@H]3[C@H](ON(c4ccccc4C)[C@H]3c3cccs3)C2=O)sc2c1CCCC2. The number of esters is 1. The number of aryl methyl sites for hydroxylation is 2. The fraction of sp³-hybridized carbons (Fsp3) is 0.370. The van der Waals surface area contributed by atoms with Crippen molar-refractivity contribution < 1.29 is 24.0 Å². The molecular weight excluding hydrogens is 496 g/mol. The van der Waals surface area contributed by atoms with Crippen LogP contribution in [0, 0.1) is 12.8 Å². The van der Waals surface area contributed by atoms with Crippen LogP contribution in [-0.4, -0.2) is 30.5 Å². The number of imide groups is 1. The van der Waals surface area contributed by atoms with Crippen molar-refractivity contribution in [1.82, 2.24) is 0 Å². The Hall–Kier alpha value is -3.01. The Morgan fingerprint density at radius 2 is 1.92 bits per heavy atom. The summed E-state index contributed by atoms with van der Waals surface area (Å²) in [5.41, 5.74) is 3.12. The molecule has 6 rings (SSSR count). The monoisotopic (exact) mass is 522 g/mol. The Kier molecular flexibility index (Phi) is 5.94. The van der Waals surface area contributed by atoms with E-state index in [9.17, 15) is 14.4 Å². The molecule has 3 aromatic rings. The first-order valence-corrected chi connectivity index (χ1v) is 13.9. The standard InChI is InChI=1S/C27H26N2O5S2/c1-3-33-27(32)20-16-10-5-7-12-18(16)36-26(20)28-24(30)21-22(19-13-8-14-35-19)29(34-23(21)25(28)31)17-11-6-4-9-15(17)2/h4,6,8-9,11,13-14,21-23H,3,5,7,10,12H2,1-2H3/t21-,22-,23-/m0/s1. The molecule has 0 unspecified atom stereocenters. The predicted octanol–water partition coefficient (Wildman–Crippen LogP) is 5.22. The molecule has 0 N–H and O–H groups in total. The summed E-state index contributed by atoms with van der Waals surface area (Å²) in [6.45, 7) is 3.97. The molecule has 1 aromatic carbocycles. The highest BCUT2D eigenvalue weighted by molar-refractivity contribution is 7.17. The first kappa shape index (κ1) is 23.4. The summed E-state index contributed by atoms with van der Waals surface area (Å²) < 4.78 is 5.37. The van der Waals surface area contributed by atoms with Crippen LogP contribution in [0.5, 0.6) is 0 Å². The molecule has 2 aliphatic heterocycles. The minimum atomic E-state index is -0.960. The highest BCUT2D eigenvalue weighted by atomic mass is 32.1. The van der Waals surface area contributed by atoms with Gasteiger partial charge in [0.25, 0.3) is 5.91 Å². The summed E-state index contributed by atoms with van der Waals surface area (Å²) in [7, 11) is 0. The number of ether oxygens (including phenoxy) is 1. The van der Waals surface area contributed by atoms with Gasteiger partial charge in [0.15, 0.2) is 6.10 Å². The second kappa shape index (κ2) is 9.14. The summed E-state index contributed by atoms with van der Waals surface area (Å²) in [4.78, 5) is 50.4. The van der Waals surface area contributed by atoms with E-state index in [4.69, 9.17) is 9.57 Å². The summed E-state index contributed by atoms with van der Waals surface area (Å²) in [5, 5.41) is 4.08. The third-order valence-corrected chi connectivity index (χ3v) is 9.36. The molecule has 2 aromatic heterocycles. The molecule has 3 aliphatic rings. The number of carbonyl (C=O) groups excluding carboxylic acids is 3. The van der Waals surface area contributed by atoms with E-state index < -0.39 is 29.9 Å². The zero-order chi connectivity index (χ0) is 25.0. The average Bonchev–Trinajstić information content (AvgIpc) is 3.64. The molecule has 7 nitrogen and oxygen atoms in total. The van der Waals surface area contributed by atoms with Gasteiger partial charge in [0.05, 0.1) is 17.9 Å². The number of amides is 2. The van der Waals surface area contributed by atoms with Gasteiger partial charge in [-0.05, 0) is 68.2 Å². The molecule has 2 fully saturated rings. The number of carbonyl (C=O) groups is 3. The third kappa shape index (κ3) is 3.52. The minimum absolute atomic E-state index is 0.227. The second-order valence-corrected chi connectivity index (χ2v) is 11.3. The number of hydrogen-bond acceptors (Lipinski definition) is 8. The molecule has 2 saturated heterocycles. The summed E-state index contributed by atoms with van der Waals surface area (Å²) in [6.07, 6.45) is 2.62. The van der Waals surface area contributed by atoms with Gasteiger partial charge in [-0.2, -0.15) is 0 Å². The van der Waals surface area contributed by atoms with E-state index in [2.05, 4.69) is 0 Å². The number of benzene rings is 1. The topological polar surface area (TPSA) is 76.2 Å². The number of nitrogens with zero attached hydrogens (tertiary/aromatic N) is 2. The van der Waals surface area contributed by atoms with Crippen LogP contribution in [-0.2, 0) is 32.0 Å². The molecular formula is C27H26N2O5S2. The van der Waals surface area contributed by atoms with E-state index in [-0.39, 0.29) is 12.5 Å². The van der Waals surface area contributed by atoms with Crippen molar-refractivity contribution in [2.45, 2.75) is 51.7 Å². The lowest BCUT2D eigenvalue weighted by atomic mass is 9.94. The Balaban J connectivity index is 1.44. The quantitative estimate of drug-likeness (QED) is 0.338. The molecule has 9 heteroatoms. The number of anilines is 2. The van der Waals surface area contributed by atoms with E-state index in [1.165, 1.54) is 27.6 Å². The van der Waals surface area contributed by atoms with Gasteiger partial charge in [-0.1, -0.05) is 24.3 Å². The van der Waals surface area contributed by atoms with E-state index in [0.717, 1.165) is 52.3 Å². The van der Waals surface area contributed by atoms with Gasteiger partial charge in [-0.25, -0.2) is 14.8 Å². The number of fused-ring (bicyclic) bond motifs is 2. The van der Waals surface area contributed by atoms with Crippen LogP contribution in [0.25, 0.3) is 0 Å². The first-order valence-electron chi connectivity index (χ1n) is 12.3. The van der Waals surface area contributed by atoms with Crippen molar-refractivity contribution in [2.24, 2.45) is 5.92 Å². The average molecular weight is 523 g/mol. The van der Waals surface area contributed by atoms with Gasteiger partial charge in [-0.15, -0.1) is 22.7 Å². The van der Waals surface area contributed by atoms with E-state index in [0.29, 0.717) is 10.6 Å². The molecule has 0 saturated carbocycles. The van der Waals surface area contributed by atoms with Gasteiger partial charge >= 0.3 is 5.97 Å². The highest BCUT2D eigenvalue weighted by Gasteiger charge is 2.61. The lowest BCUT2D eigenvalue weighted by Crippen LogP contribution is -2.37. The van der Waals surface area contributed by atoms with Crippen molar-refractivity contribution in [3.63, 3.8) is 0 Å². The predicted molar refractivity (Wildman–Crippen MR) is 138 cm³/mol. The number of hydrogen-bond donors (Lipinski definition) is 0. The lowest BCUT2D eigenvalue weighted by molar-refractivity contribution is -0.126. The fourth-order valence-electron chi connectivity index (χ4n) is 5.51. The lowest BCUT2D eigenvalue weighted by Gasteiger charge is -2.28. The molecule has 3 atom stereocenters. The van der Waals surface area contributed by atoms with E-state index in [1.54, 1.807) is 12.0 Å². The maximum atomic E-state index is 14.1. The van der Waals surface area contributed by atoms with Crippen LogP contribution >= 0.6 is 22.7 Å². The molecule has 0 spiro atoms. The van der Waals surface area contributed by atoms with Gasteiger partial charge in [0.2, 0.25) is 5.91 Å². The fourth-order valence-corrected chi connectivity index (χ4v) is 7.75. The van der Waals surface area contributed by atoms with Crippen LogP contribution < -0.4 is 9.96 Å². The van der Waals surface area contributed by atoms with Gasteiger partial charge in [0, 0.05) is 9.75 Å². The highest BCUT2D eigenvalue weighted by Crippen LogP contribution is 2.51. The molecule has 1 aliphatic carbocycles. The minimum Gasteiger partial charge on any atom is -0.462 e. The van der Waals surface area contributed by atoms with E-state index >= 15 is 0 Å². The number of rotatable bonds is 5. The van der Waals surface area contributed by atoms with Gasteiger partial charge < -0.3 is 4.74 Å². The molecule has 0 radical (unpaired) electrons. The Morgan fingerprint density at radius 1 is 1.11 bits per heavy atom. The number of hydroxylamine groups is 1. The van der Waals surface area contributed by atoms with Crippen molar-refractivity contribution in [2.75, 3.05) is 16.6 Å². The maximum absolute atomic E-state index is 14.1. The summed E-state index contributed by atoms with van der Waals surface area (Å²) >= 11 is 2.91. The maximum Gasteiger partial charge on any atom is 0.341 e. The van der Waals surface area contributed by atoms with Gasteiger partial charge in [0.1, 0.15) is 17.0 Å². The zero-order valence-electron chi connectivity index (χ0n) is 20.1. The molecule has 186 valence electrons. The van der Waals surface area contributed by atoms with Crippen LogP contribution in [0.3, 0.4) is 0 Å².